The molecule has 1 aliphatic rings. The van der Waals surface area contributed by atoms with Gasteiger partial charge in [0.05, 0.1) is 0 Å². The molecule has 2 aromatic rings. The number of halogens is 5. The number of aromatic nitrogens is 1. The number of benzene rings is 1. The van der Waals surface area contributed by atoms with Gasteiger partial charge in [-0.25, -0.2) is 0 Å². The zero-order valence-corrected chi connectivity index (χ0v) is 15.6. The van der Waals surface area contributed by atoms with Gasteiger partial charge in [-0.05, 0) is 18.2 Å². The van der Waals surface area contributed by atoms with Crippen LogP contribution in [-0.2, 0) is 6.42 Å². The smallest absolute Gasteiger partial charge is 0.169 e. The first-order valence-electron chi connectivity index (χ1n) is 6.01. The van der Waals surface area contributed by atoms with Gasteiger partial charge >= 0.3 is 59.6 Å². The maximum atomic E-state index is 12.0. The third-order valence-electron chi connectivity index (χ3n) is 2.75. The molecule has 0 saturated heterocycles. The fourth-order valence-electron chi connectivity index (χ4n) is 1.94. The van der Waals surface area contributed by atoms with E-state index in [4.69, 9.17) is 56.2 Å². The standard InChI is InChI=1S/C13H10N2O.Cl5P/c16-13-7-9-8-14-6-5-11(9)15-12-4-2-1-3-10(12)13;1-6(2,3,4)5/h1-6,8,15H,7H2;. The van der Waals surface area contributed by atoms with Crippen LogP contribution in [0.3, 0.4) is 0 Å². The Kier molecular flexibility index (Phi) is 5.49. The number of Topliss-reactive ketones (excluding diaryl/α,β-unsaturated/α-hetero) is 1. The van der Waals surface area contributed by atoms with E-state index < -0.39 is 3.37 Å². The molecule has 3 rings (SSSR count). The third kappa shape index (κ3) is 6.08. The van der Waals surface area contributed by atoms with Crippen LogP contribution in [0.4, 0.5) is 11.4 Å². The van der Waals surface area contributed by atoms with Crippen molar-refractivity contribution in [3.63, 3.8) is 0 Å². The second-order valence-electron chi connectivity index (χ2n) is 4.44. The summed E-state index contributed by atoms with van der Waals surface area (Å²) in [5.74, 6) is 0.134. The van der Waals surface area contributed by atoms with Crippen molar-refractivity contribution in [3.8, 4) is 0 Å². The monoisotopic (exact) mass is 416 g/mol. The molecule has 0 bridgehead atoms. The molecule has 0 unspecified atom stereocenters. The first-order valence-corrected chi connectivity index (χ1v) is 12.8. The first-order chi connectivity index (χ1) is 10.1. The second kappa shape index (κ2) is 6.68. The van der Waals surface area contributed by atoms with Crippen LogP contribution in [0, 0.1) is 0 Å². The molecule has 0 atom stereocenters. The van der Waals surface area contributed by atoms with E-state index >= 15 is 0 Å². The Labute approximate surface area is 151 Å². The zero-order chi connectivity index (χ0) is 16.4. The summed E-state index contributed by atoms with van der Waals surface area (Å²) in [5, 5.41) is 3.27. The molecule has 2 heterocycles. The van der Waals surface area contributed by atoms with E-state index in [0.29, 0.717) is 6.42 Å². The van der Waals surface area contributed by atoms with E-state index in [1.807, 2.05) is 30.3 Å². The first kappa shape index (κ1) is 18.1. The summed E-state index contributed by atoms with van der Waals surface area (Å²) in [6, 6.07) is 9.47. The third-order valence-corrected chi connectivity index (χ3v) is 2.75. The molecule has 1 aromatic carbocycles. The van der Waals surface area contributed by atoms with Gasteiger partial charge in [-0.2, -0.15) is 0 Å². The average molecular weight is 418 g/mol. The normalized spacial score (nSPS) is 15.0. The van der Waals surface area contributed by atoms with Gasteiger partial charge in [0, 0.05) is 41.3 Å². The minimum Gasteiger partial charge on any atom is -0.355 e. The van der Waals surface area contributed by atoms with Crippen LogP contribution in [0.15, 0.2) is 42.7 Å². The molecule has 0 spiro atoms. The summed E-state index contributed by atoms with van der Waals surface area (Å²) in [4.78, 5) is 16.0. The number of hydrogen-bond donors (Lipinski definition) is 1. The molecule has 9 heteroatoms. The maximum Gasteiger partial charge on any atom is 0.169 e. The minimum absolute atomic E-state index is 0.134. The molecule has 1 aliphatic heterocycles. The van der Waals surface area contributed by atoms with Gasteiger partial charge in [-0.1, -0.05) is 12.1 Å². The molecule has 0 saturated carbocycles. The van der Waals surface area contributed by atoms with Gasteiger partial charge in [-0.3, -0.25) is 9.78 Å². The Morgan fingerprint density at radius 1 is 1.00 bits per heavy atom. The topological polar surface area (TPSA) is 42.0 Å². The number of rotatable bonds is 0. The molecule has 0 fully saturated rings. The number of pyridine rings is 1. The quantitative estimate of drug-likeness (QED) is 0.475. The molecular weight excluding hydrogens is 408 g/mol. The number of carbonyl (C=O) groups is 1. The van der Waals surface area contributed by atoms with Crippen molar-refractivity contribution in [2.45, 2.75) is 6.42 Å². The summed E-state index contributed by atoms with van der Waals surface area (Å²) >= 11 is 24.9. The van der Waals surface area contributed by atoms with Crippen molar-refractivity contribution in [1.82, 2.24) is 4.98 Å². The van der Waals surface area contributed by atoms with Crippen LogP contribution in [0.5, 0.6) is 0 Å². The van der Waals surface area contributed by atoms with Gasteiger partial charge in [0.2, 0.25) is 0 Å². The van der Waals surface area contributed by atoms with Gasteiger partial charge in [0.1, 0.15) is 0 Å². The van der Waals surface area contributed by atoms with Gasteiger partial charge in [0.15, 0.2) is 5.78 Å². The van der Waals surface area contributed by atoms with Crippen molar-refractivity contribution in [1.29, 1.82) is 0 Å². The largest absolute Gasteiger partial charge is 0.355 e. The van der Waals surface area contributed by atoms with Crippen molar-refractivity contribution in [2.75, 3.05) is 5.32 Å². The maximum absolute atomic E-state index is 12.0. The number of hydrogen-bond acceptors (Lipinski definition) is 3. The second-order valence-corrected chi connectivity index (χ2v) is 21.1. The number of para-hydroxylation sites is 1. The fourth-order valence-corrected chi connectivity index (χ4v) is 1.94. The van der Waals surface area contributed by atoms with Crippen molar-refractivity contribution >= 4 is 76.7 Å². The van der Waals surface area contributed by atoms with Crippen LogP contribution >= 0.6 is 59.6 Å². The van der Waals surface area contributed by atoms with Crippen LogP contribution in [0.25, 0.3) is 0 Å². The fraction of sp³-hybridized carbons (Fsp3) is 0.0769. The number of nitrogens with zero attached hydrogens (tertiary/aromatic N) is 1. The SMILES string of the molecule is ClP(Cl)(Cl)(Cl)Cl.O=C1Cc2cnccc2Nc2ccccc21. The van der Waals surface area contributed by atoms with Crippen LogP contribution in [0.1, 0.15) is 15.9 Å². The number of ketones is 1. The van der Waals surface area contributed by atoms with Gasteiger partial charge < -0.3 is 5.32 Å². The Morgan fingerprint density at radius 3 is 2.32 bits per heavy atom. The Balaban J connectivity index is 0.000000254. The van der Waals surface area contributed by atoms with Crippen molar-refractivity contribution < 1.29 is 4.79 Å². The average Bonchev–Trinajstić information content (AvgIpc) is 2.52. The molecule has 0 amide bonds. The van der Waals surface area contributed by atoms with Gasteiger partial charge in [0.25, 0.3) is 0 Å². The molecule has 1 aromatic heterocycles. The summed E-state index contributed by atoms with van der Waals surface area (Å²) in [5.41, 5.74) is 3.54. The molecule has 3 nitrogen and oxygen atoms in total. The summed E-state index contributed by atoms with van der Waals surface area (Å²) in [7, 11) is 0. The summed E-state index contributed by atoms with van der Waals surface area (Å²) < 4.78 is -3.69. The Hall–Kier alpha value is -0.280. The van der Waals surface area contributed by atoms with Crippen molar-refractivity contribution in [2.24, 2.45) is 0 Å². The number of nitrogens with one attached hydrogen (secondary N) is 1. The molecule has 22 heavy (non-hydrogen) atoms. The Morgan fingerprint density at radius 2 is 1.64 bits per heavy atom. The molecular formula is C13H10Cl5N2OP. The predicted octanol–water partition coefficient (Wildman–Crippen LogP) is 6.87. The van der Waals surface area contributed by atoms with Gasteiger partial charge in [-0.15, -0.1) is 0 Å². The van der Waals surface area contributed by atoms with E-state index in [1.54, 1.807) is 12.4 Å². The van der Waals surface area contributed by atoms with E-state index in [1.165, 1.54) is 0 Å². The Bertz CT molecular complexity index is 698. The minimum atomic E-state index is -3.69. The predicted molar refractivity (Wildman–Crippen MR) is 98.2 cm³/mol. The van der Waals surface area contributed by atoms with E-state index in [2.05, 4.69) is 10.3 Å². The molecule has 0 aliphatic carbocycles. The number of fused-ring (bicyclic) bond motifs is 2. The van der Waals surface area contributed by atoms with Crippen molar-refractivity contribution in [3.05, 3.63) is 53.9 Å². The van der Waals surface area contributed by atoms with Crippen LogP contribution in [0.2, 0.25) is 0 Å². The summed E-state index contributed by atoms with van der Waals surface area (Å²) in [6.45, 7) is 0. The number of anilines is 2. The number of carbonyl (C=O) groups excluding carboxylic acids is 1. The molecule has 0 radical (unpaired) electrons. The van der Waals surface area contributed by atoms with Crippen LogP contribution < -0.4 is 5.32 Å². The van der Waals surface area contributed by atoms with E-state index in [9.17, 15) is 4.79 Å². The zero-order valence-electron chi connectivity index (χ0n) is 10.9. The van der Waals surface area contributed by atoms with E-state index in [0.717, 1.165) is 22.5 Å². The van der Waals surface area contributed by atoms with Crippen LogP contribution in [-0.4, -0.2) is 10.8 Å². The summed E-state index contributed by atoms with van der Waals surface area (Å²) in [6.07, 6.45) is 3.88. The van der Waals surface area contributed by atoms with E-state index in [-0.39, 0.29) is 5.78 Å². The molecule has 118 valence electrons. The molecule has 1 N–H and O–H groups in total.